The van der Waals surface area contributed by atoms with Gasteiger partial charge in [-0.25, -0.2) is 0 Å². The third-order valence-electron chi connectivity index (χ3n) is 2.55. The molecule has 4 nitrogen and oxygen atoms in total. The second kappa shape index (κ2) is 3.27. The topological polar surface area (TPSA) is 81.1 Å². The molecule has 5 N–H and O–H groups in total. The summed E-state index contributed by atoms with van der Waals surface area (Å²) in [6.45, 7) is 5.04. The average Bonchev–Trinajstić information content (AvgIpc) is 1.79. The maximum Gasteiger partial charge on any atom is 0.219 e. The highest BCUT2D eigenvalue weighted by atomic mass is 16.1. The van der Waals surface area contributed by atoms with Crippen molar-refractivity contribution in [2.45, 2.75) is 44.2 Å². The van der Waals surface area contributed by atoms with Gasteiger partial charge in [-0.2, -0.15) is 0 Å². The van der Waals surface area contributed by atoms with Crippen LogP contribution in [0, 0.1) is 0 Å². The van der Waals surface area contributed by atoms with Crippen LogP contribution in [0.5, 0.6) is 0 Å². The van der Waals surface area contributed by atoms with Crippen LogP contribution in [0.25, 0.3) is 0 Å². The Bertz CT molecular complexity index is 215. The Labute approximate surface area is 79.0 Å². The summed E-state index contributed by atoms with van der Waals surface area (Å²) in [5, 5.41) is 3.35. The molecule has 1 fully saturated rings. The van der Waals surface area contributed by atoms with Crippen molar-refractivity contribution >= 4 is 5.91 Å². The van der Waals surface area contributed by atoms with E-state index in [1.807, 2.05) is 0 Å². The van der Waals surface area contributed by atoms with E-state index < -0.39 is 5.54 Å². The van der Waals surface area contributed by atoms with E-state index >= 15 is 0 Å². The van der Waals surface area contributed by atoms with E-state index in [1.165, 1.54) is 0 Å². The van der Waals surface area contributed by atoms with E-state index in [4.69, 9.17) is 11.5 Å². The molecule has 1 unspecified atom stereocenters. The minimum absolute atomic E-state index is 0.0163. The van der Waals surface area contributed by atoms with Crippen LogP contribution in [-0.4, -0.2) is 23.5 Å². The van der Waals surface area contributed by atoms with Gasteiger partial charge in [0.15, 0.2) is 0 Å². The summed E-state index contributed by atoms with van der Waals surface area (Å²) in [5.74, 6) is -0.305. The number of hydrogen-bond acceptors (Lipinski definition) is 3. The number of carbonyl (C=O) groups is 1. The summed E-state index contributed by atoms with van der Waals surface area (Å²) in [4.78, 5) is 10.8. The first-order chi connectivity index (χ1) is 5.83. The maximum atomic E-state index is 10.8. The van der Waals surface area contributed by atoms with Gasteiger partial charge in [-0.15, -0.1) is 0 Å². The van der Waals surface area contributed by atoms with Crippen molar-refractivity contribution in [3.8, 4) is 0 Å². The lowest BCUT2D eigenvalue weighted by atomic mass is 9.77. The summed E-state index contributed by atoms with van der Waals surface area (Å²) in [5.41, 5.74) is 10.9. The van der Waals surface area contributed by atoms with Gasteiger partial charge in [0.25, 0.3) is 0 Å². The van der Waals surface area contributed by atoms with Crippen LogP contribution in [0.15, 0.2) is 0 Å². The zero-order chi connectivity index (χ0) is 10.1. The summed E-state index contributed by atoms with van der Waals surface area (Å²) >= 11 is 0. The molecule has 0 aromatic heterocycles. The van der Waals surface area contributed by atoms with E-state index in [0.29, 0.717) is 0 Å². The Morgan fingerprint density at radius 2 is 2.15 bits per heavy atom. The molecule has 1 aliphatic rings. The predicted molar refractivity (Wildman–Crippen MR) is 52.0 cm³/mol. The Balaban J connectivity index is 2.63. The van der Waals surface area contributed by atoms with Gasteiger partial charge in [0, 0.05) is 17.5 Å². The fourth-order valence-corrected chi connectivity index (χ4v) is 2.18. The highest BCUT2D eigenvalue weighted by molar-refractivity contribution is 5.75. The summed E-state index contributed by atoms with van der Waals surface area (Å²) in [7, 11) is 0. The fraction of sp³-hybridized carbons (Fsp3) is 0.889. The van der Waals surface area contributed by atoms with Crippen LogP contribution in [0.4, 0.5) is 0 Å². The second-order valence-electron chi connectivity index (χ2n) is 4.74. The minimum Gasteiger partial charge on any atom is -0.370 e. The number of carbonyl (C=O) groups excluding carboxylic acids is 1. The van der Waals surface area contributed by atoms with Crippen molar-refractivity contribution in [2.75, 3.05) is 6.54 Å². The van der Waals surface area contributed by atoms with Crippen molar-refractivity contribution in [3.05, 3.63) is 0 Å². The zero-order valence-corrected chi connectivity index (χ0v) is 8.39. The Kier molecular flexibility index (Phi) is 2.63. The Morgan fingerprint density at radius 3 is 2.62 bits per heavy atom. The van der Waals surface area contributed by atoms with Crippen molar-refractivity contribution in [2.24, 2.45) is 11.5 Å². The molecule has 13 heavy (non-hydrogen) atoms. The molecule has 0 aliphatic carbocycles. The van der Waals surface area contributed by atoms with Crippen LogP contribution in [-0.2, 0) is 4.79 Å². The van der Waals surface area contributed by atoms with Crippen LogP contribution >= 0.6 is 0 Å². The summed E-state index contributed by atoms with van der Waals surface area (Å²) < 4.78 is 0. The summed E-state index contributed by atoms with van der Waals surface area (Å²) in [6.07, 6.45) is 1.90. The quantitative estimate of drug-likeness (QED) is 0.553. The molecule has 0 aromatic carbocycles. The van der Waals surface area contributed by atoms with E-state index in [0.717, 1.165) is 19.4 Å². The molecule has 1 atom stereocenters. The highest BCUT2D eigenvalue weighted by Crippen LogP contribution is 2.28. The normalized spacial score (nSPS) is 32.8. The number of piperidine rings is 1. The first-order valence-electron chi connectivity index (χ1n) is 4.65. The molecule has 0 radical (unpaired) electrons. The highest BCUT2D eigenvalue weighted by Gasteiger charge is 2.37. The molecule has 1 heterocycles. The Morgan fingerprint density at radius 1 is 1.54 bits per heavy atom. The smallest absolute Gasteiger partial charge is 0.219 e. The van der Waals surface area contributed by atoms with E-state index in [1.54, 1.807) is 0 Å². The van der Waals surface area contributed by atoms with Gasteiger partial charge in [-0.3, -0.25) is 4.79 Å². The second-order valence-corrected chi connectivity index (χ2v) is 4.74. The van der Waals surface area contributed by atoms with Crippen molar-refractivity contribution < 1.29 is 4.79 Å². The zero-order valence-electron chi connectivity index (χ0n) is 8.39. The number of amides is 1. The lowest BCUT2D eigenvalue weighted by molar-refractivity contribution is -0.119. The predicted octanol–water partition coefficient (Wildman–Crippen LogP) is -0.279. The largest absolute Gasteiger partial charge is 0.370 e. The van der Waals surface area contributed by atoms with Gasteiger partial charge in [-0.1, -0.05) is 0 Å². The molecule has 1 saturated heterocycles. The molecule has 1 rings (SSSR count). The van der Waals surface area contributed by atoms with E-state index in [-0.39, 0.29) is 17.9 Å². The van der Waals surface area contributed by atoms with Gasteiger partial charge >= 0.3 is 0 Å². The molecule has 0 saturated carbocycles. The van der Waals surface area contributed by atoms with Crippen LogP contribution in [0.3, 0.4) is 0 Å². The molecule has 0 spiro atoms. The minimum atomic E-state index is -0.402. The summed E-state index contributed by atoms with van der Waals surface area (Å²) in [6, 6.07) is 0. The monoisotopic (exact) mass is 185 g/mol. The number of nitrogens with one attached hydrogen (secondary N) is 1. The molecule has 0 bridgehead atoms. The number of primary amides is 1. The molecule has 4 heteroatoms. The number of rotatable bonds is 2. The van der Waals surface area contributed by atoms with Crippen LogP contribution in [0.2, 0.25) is 0 Å². The standard InChI is InChI=1S/C9H19N3O/c1-8(2)6-9(11,3-4-12-8)5-7(10)13/h12H,3-6,11H2,1-2H3,(H2,10,13). The van der Waals surface area contributed by atoms with Crippen LogP contribution in [0.1, 0.15) is 33.1 Å². The molecule has 76 valence electrons. The van der Waals surface area contributed by atoms with Gasteiger partial charge in [0.05, 0.1) is 0 Å². The number of hydrogen-bond donors (Lipinski definition) is 3. The first-order valence-corrected chi connectivity index (χ1v) is 4.65. The van der Waals surface area contributed by atoms with Crippen molar-refractivity contribution in [1.29, 1.82) is 0 Å². The third kappa shape index (κ3) is 2.97. The van der Waals surface area contributed by atoms with Crippen molar-refractivity contribution in [3.63, 3.8) is 0 Å². The van der Waals surface area contributed by atoms with Gasteiger partial charge in [-0.05, 0) is 33.2 Å². The first kappa shape index (κ1) is 10.5. The number of nitrogens with two attached hydrogens (primary N) is 2. The lowest BCUT2D eigenvalue weighted by Crippen LogP contribution is -2.59. The molecular formula is C9H19N3O. The maximum absolute atomic E-state index is 10.8. The molecule has 1 amide bonds. The molecule has 1 aliphatic heterocycles. The van der Waals surface area contributed by atoms with Gasteiger partial charge < -0.3 is 16.8 Å². The SMILES string of the molecule is CC1(C)CC(N)(CC(N)=O)CCN1. The fourth-order valence-electron chi connectivity index (χ4n) is 2.18. The third-order valence-corrected chi connectivity index (χ3v) is 2.55. The molecular weight excluding hydrogens is 166 g/mol. The van der Waals surface area contributed by atoms with Gasteiger partial charge in [0.1, 0.15) is 0 Å². The lowest BCUT2D eigenvalue weighted by Gasteiger charge is -2.42. The van der Waals surface area contributed by atoms with E-state index in [9.17, 15) is 4.79 Å². The van der Waals surface area contributed by atoms with Crippen molar-refractivity contribution in [1.82, 2.24) is 5.32 Å². The average molecular weight is 185 g/mol. The van der Waals surface area contributed by atoms with Crippen LogP contribution < -0.4 is 16.8 Å². The molecule has 0 aromatic rings. The van der Waals surface area contributed by atoms with Gasteiger partial charge in [0.2, 0.25) is 5.91 Å². The van der Waals surface area contributed by atoms with E-state index in [2.05, 4.69) is 19.2 Å². The Hall–Kier alpha value is -0.610.